The predicted octanol–water partition coefficient (Wildman–Crippen LogP) is 6.88. The molecule has 0 heterocycles. The van der Waals surface area contributed by atoms with Gasteiger partial charge in [-0.15, -0.1) is 0 Å². The molecule has 182 valence electrons. The molecular weight excluding hydrogens is 420 g/mol. The van der Waals surface area contributed by atoms with Crippen molar-refractivity contribution in [2.24, 2.45) is 5.92 Å². The molecule has 0 aromatic heterocycles. The van der Waals surface area contributed by atoms with Gasteiger partial charge in [-0.1, -0.05) is 19.1 Å². The molecule has 1 fully saturated rings. The van der Waals surface area contributed by atoms with Gasteiger partial charge in [-0.3, -0.25) is 4.79 Å². The lowest BCUT2D eigenvalue weighted by Gasteiger charge is -2.23. The maximum absolute atomic E-state index is 13.6. The van der Waals surface area contributed by atoms with Crippen LogP contribution in [0.25, 0.3) is 12.2 Å². The van der Waals surface area contributed by atoms with Gasteiger partial charge in [0.1, 0.15) is 0 Å². The van der Waals surface area contributed by atoms with Gasteiger partial charge in [0.2, 0.25) is 0 Å². The standard InChI is InChI=1S/C29H40N4O/c1-6-30-25-12-10-21(27(18-25)32-8-3)16-23-14-20(5)15-24(29(23)34)17-22-11-13-26(31-7-2)19-28(22)33-9-4/h10-13,16-20,30-33H,6-9,14-15H2,1-5H3. The zero-order chi connectivity index (χ0) is 24.5. The third-order valence-electron chi connectivity index (χ3n) is 5.98. The quantitative estimate of drug-likeness (QED) is 0.291. The van der Waals surface area contributed by atoms with E-state index in [1.807, 2.05) is 0 Å². The summed E-state index contributed by atoms with van der Waals surface area (Å²) in [6, 6.07) is 12.6. The van der Waals surface area contributed by atoms with E-state index in [1.54, 1.807) is 0 Å². The Morgan fingerprint density at radius 2 is 1.12 bits per heavy atom. The number of allylic oxidation sites excluding steroid dienone is 2. The van der Waals surface area contributed by atoms with Crippen molar-refractivity contribution in [3.8, 4) is 0 Å². The third-order valence-corrected chi connectivity index (χ3v) is 5.98. The number of hydrogen-bond acceptors (Lipinski definition) is 5. The molecule has 2 aromatic carbocycles. The van der Waals surface area contributed by atoms with Crippen molar-refractivity contribution in [2.45, 2.75) is 47.5 Å². The Bertz CT molecular complexity index is 973. The number of anilines is 4. The molecular formula is C29H40N4O. The van der Waals surface area contributed by atoms with Crippen LogP contribution in [0.1, 0.15) is 58.6 Å². The lowest BCUT2D eigenvalue weighted by Crippen LogP contribution is -2.18. The van der Waals surface area contributed by atoms with Crippen LogP contribution in [-0.2, 0) is 4.79 Å². The van der Waals surface area contributed by atoms with Gasteiger partial charge in [-0.05, 0) is 94.0 Å². The van der Waals surface area contributed by atoms with Crippen LogP contribution in [0.2, 0.25) is 0 Å². The molecule has 5 heteroatoms. The Kier molecular flexibility index (Phi) is 9.20. The summed E-state index contributed by atoms with van der Waals surface area (Å²) >= 11 is 0. The molecule has 0 unspecified atom stereocenters. The summed E-state index contributed by atoms with van der Waals surface area (Å²) in [5.41, 5.74) is 8.16. The topological polar surface area (TPSA) is 65.2 Å². The number of ketones is 1. The van der Waals surface area contributed by atoms with E-state index in [-0.39, 0.29) is 5.78 Å². The second-order valence-corrected chi connectivity index (χ2v) is 8.91. The SMILES string of the molecule is CCNc1ccc(C=C2CC(C)CC(=Cc3ccc(NCC)cc3NCC)C2=O)c(NCC)c1. The fourth-order valence-corrected chi connectivity index (χ4v) is 4.52. The van der Waals surface area contributed by atoms with Gasteiger partial charge in [0.15, 0.2) is 5.78 Å². The second-order valence-electron chi connectivity index (χ2n) is 8.91. The first kappa shape index (κ1) is 25.4. The highest BCUT2D eigenvalue weighted by atomic mass is 16.1. The Hall–Kier alpha value is -3.21. The number of nitrogens with one attached hydrogen (secondary N) is 4. The molecule has 2 aromatic rings. The summed E-state index contributed by atoms with van der Waals surface area (Å²) in [6.07, 6.45) is 5.77. The molecule has 1 saturated carbocycles. The Morgan fingerprint density at radius 3 is 1.50 bits per heavy atom. The second kappa shape index (κ2) is 12.3. The highest BCUT2D eigenvalue weighted by molar-refractivity contribution is 6.14. The summed E-state index contributed by atoms with van der Waals surface area (Å²) in [5, 5.41) is 13.6. The number of benzene rings is 2. The van der Waals surface area contributed by atoms with Crippen molar-refractivity contribution in [3.05, 3.63) is 58.7 Å². The molecule has 0 aliphatic heterocycles. The van der Waals surface area contributed by atoms with E-state index in [0.29, 0.717) is 5.92 Å². The monoisotopic (exact) mass is 460 g/mol. The average molecular weight is 461 g/mol. The van der Waals surface area contributed by atoms with E-state index in [1.165, 1.54) is 0 Å². The van der Waals surface area contributed by atoms with Crippen LogP contribution in [0.3, 0.4) is 0 Å². The Morgan fingerprint density at radius 1 is 0.706 bits per heavy atom. The number of rotatable bonds is 10. The molecule has 0 atom stereocenters. The summed E-state index contributed by atoms with van der Waals surface area (Å²) in [4.78, 5) is 13.6. The predicted molar refractivity (Wildman–Crippen MR) is 149 cm³/mol. The van der Waals surface area contributed by atoms with Gasteiger partial charge in [-0.25, -0.2) is 0 Å². The van der Waals surface area contributed by atoms with Crippen molar-refractivity contribution >= 4 is 40.7 Å². The minimum atomic E-state index is 0.162. The van der Waals surface area contributed by atoms with Crippen LogP contribution < -0.4 is 21.3 Å². The Labute approximate surface area is 205 Å². The van der Waals surface area contributed by atoms with Gasteiger partial charge in [0, 0.05) is 60.1 Å². The maximum atomic E-state index is 13.6. The van der Waals surface area contributed by atoms with Crippen LogP contribution in [0, 0.1) is 5.92 Å². The van der Waals surface area contributed by atoms with E-state index in [9.17, 15) is 4.79 Å². The lowest BCUT2D eigenvalue weighted by atomic mass is 9.80. The number of carbonyl (C=O) groups is 1. The minimum Gasteiger partial charge on any atom is -0.385 e. The molecule has 0 spiro atoms. The van der Waals surface area contributed by atoms with Crippen molar-refractivity contribution in [1.29, 1.82) is 0 Å². The van der Waals surface area contributed by atoms with Crippen molar-refractivity contribution < 1.29 is 4.79 Å². The average Bonchev–Trinajstić information content (AvgIpc) is 2.81. The summed E-state index contributed by atoms with van der Waals surface area (Å²) in [5.74, 6) is 0.581. The molecule has 4 N–H and O–H groups in total. The smallest absolute Gasteiger partial charge is 0.185 e. The maximum Gasteiger partial charge on any atom is 0.185 e. The first-order valence-electron chi connectivity index (χ1n) is 12.7. The van der Waals surface area contributed by atoms with Crippen LogP contribution in [0.4, 0.5) is 22.7 Å². The molecule has 1 aliphatic rings. The number of Topliss-reactive ketones (excluding diaryl/α,β-unsaturated/α-hetero) is 1. The zero-order valence-corrected chi connectivity index (χ0v) is 21.3. The van der Waals surface area contributed by atoms with Gasteiger partial charge in [0.05, 0.1) is 0 Å². The summed E-state index contributed by atoms with van der Waals surface area (Å²) < 4.78 is 0. The fourth-order valence-electron chi connectivity index (χ4n) is 4.52. The molecule has 1 aliphatic carbocycles. The highest BCUT2D eigenvalue weighted by Crippen LogP contribution is 2.35. The molecule has 0 amide bonds. The largest absolute Gasteiger partial charge is 0.385 e. The van der Waals surface area contributed by atoms with Gasteiger partial charge >= 0.3 is 0 Å². The minimum absolute atomic E-state index is 0.162. The fraction of sp³-hybridized carbons (Fsp3) is 0.414. The summed E-state index contributed by atoms with van der Waals surface area (Å²) in [7, 11) is 0. The van der Waals surface area contributed by atoms with Gasteiger partial charge in [0.25, 0.3) is 0 Å². The summed E-state index contributed by atoms with van der Waals surface area (Å²) in [6.45, 7) is 14.0. The van der Waals surface area contributed by atoms with Crippen molar-refractivity contribution in [3.63, 3.8) is 0 Å². The van der Waals surface area contributed by atoms with Crippen LogP contribution in [0.15, 0.2) is 47.5 Å². The van der Waals surface area contributed by atoms with Gasteiger partial charge < -0.3 is 21.3 Å². The van der Waals surface area contributed by atoms with Crippen LogP contribution >= 0.6 is 0 Å². The van der Waals surface area contributed by atoms with E-state index in [4.69, 9.17) is 0 Å². The van der Waals surface area contributed by atoms with Crippen LogP contribution in [-0.4, -0.2) is 32.0 Å². The molecule has 0 radical (unpaired) electrons. The van der Waals surface area contributed by atoms with Gasteiger partial charge in [-0.2, -0.15) is 0 Å². The van der Waals surface area contributed by atoms with Crippen LogP contribution in [0.5, 0.6) is 0 Å². The third kappa shape index (κ3) is 6.43. The van der Waals surface area contributed by atoms with E-state index in [2.05, 4.69) is 104 Å². The molecule has 0 bridgehead atoms. The normalized spacial score (nSPS) is 18.3. The van der Waals surface area contributed by atoms with E-state index >= 15 is 0 Å². The zero-order valence-electron chi connectivity index (χ0n) is 21.3. The lowest BCUT2D eigenvalue weighted by molar-refractivity contribution is -0.113. The molecule has 34 heavy (non-hydrogen) atoms. The molecule has 3 rings (SSSR count). The molecule has 0 saturated heterocycles. The van der Waals surface area contributed by atoms with Crippen molar-refractivity contribution in [2.75, 3.05) is 47.4 Å². The first-order chi connectivity index (χ1) is 16.5. The first-order valence-corrected chi connectivity index (χ1v) is 12.7. The molecule has 5 nitrogen and oxygen atoms in total. The van der Waals surface area contributed by atoms with E-state index in [0.717, 1.165) is 84.0 Å². The Balaban J connectivity index is 1.96. The van der Waals surface area contributed by atoms with E-state index < -0.39 is 0 Å². The highest BCUT2D eigenvalue weighted by Gasteiger charge is 2.26. The van der Waals surface area contributed by atoms with Crippen molar-refractivity contribution in [1.82, 2.24) is 0 Å². The number of carbonyl (C=O) groups excluding carboxylic acids is 1. The number of hydrogen-bond donors (Lipinski definition) is 4.